The van der Waals surface area contributed by atoms with E-state index >= 15 is 0 Å². The minimum absolute atomic E-state index is 0.0553. The highest BCUT2D eigenvalue weighted by atomic mass is 19.4. The number of rotatable bonds is 5. The standard InChI is InChI=1S/C29H28F9N5O/c1-18-25(43-14-12-42(13-15-43)20-4-2-19(3-5-20)27(30,31)32)39-17-40-26(18)44-22-8-10-41(11-9-22)21-6-7-23(28(33,34)35)24(16-21)29(36,37)38/h2-7,16-17,22H,8-15H2,1H3. The molecule has 15 heteroatoms. The van der Waals surface area contributed by atoms with Crippen LogP contribution in [0.2, 0.25) is 0 Å². The van der Waals surface area contributed by atoms with E-state index in [-0.39, 0.29) is 24.9 Å². The van der Waals surface area contributed by atoms with Crippen molar-refractivity contribution >= 4 is 17.2 Å². The number of alkyl halides is 9. The second kappa shape index (κ2) is 11.9. The van der Waals surface area contributed by atoms with E-state index in [1.165, 1.54) is 18.5 Å². The van der Waals surface area contributed by atoms with Crippen molar-refractivity contribution in [2.45, 2.75) is 44.4 Å². The van der Waals surface area contributed by atoms with Gasteiger partial charge in [0.1, 0.15) is 18.2 Å². The summed E-state index contributed by atoms with van der Waals surface area (Å²) in [5.41, 5.74) is -2.70. The van der Waals surface area contributed by atoms with Crippen molar-refractivity contribution in [3.05, 3.63) is 71.0 Å². The van der Waals surface area contributed by atoms with Crippen molar-refractivity contribution in [2.75, 3.05) is 54.0 Å². The number of piperazine rings is 1. The summed E-state index contributed by atoms with van der Waals surface area (Å²) < 4.78 is 124. The molecule has 238 valence electrons. The maximum absolute atomic E-state index is 13.4. The molecule has 0 spiro atoms. The van der Waals surface area contributed by atoms with Crippen LogP contribution in [0.25, 0.3) is 0 Å². The molecular formula is C29H28F9N5O. The number of hydrogen-bond acceptors (Lipinski definition) is 6. The minimum atomic E-state index is -5.15. The Morgan fingerprint density at radius 1 is 0.636 bits per heavy atom. The van der Waals surface area contributed by atoms with Gasteiger partial charge in [0.05, 0.1) is 22.3 Å². The number of aromatic nitrogens is 2. The topological polar surface area (TPSA) is 44.7 Å². The molecule has 0 amide bonds. The number of nitrogens with zero attached hydrogens (tertiary/aromatic N) is 5. The Balaban J connectivity index is 1.19. The van der Waals surface area contributed by atoms with Crippen LogP contribution >= 0.6 is 0 Å². The van der Waals surface area contributed by atoms with E-state index < -0.39 is 35.2 Å². The summed E-state index contributed by atoms with van der Waals surface area (Å²) in [6.45, 7) is 4.59. The Bertz CT molecular complexity index is 1440. The smallest absolute Gasteiger partial charge is 0.417 e. The number of ether oxygens (including phenoxy) is 1. The molecule has 2 fully saturated rings. The van der Waals surface area contributed by atoms with Gasteiger partial charge >= 0.3 is 18.5 Å². The average molecular weight is 634 g/mol. The Kier molecular flexibility index (Phi) is 8.51. The minimum Gasteiger partial charge on any atom is -0.474 e. The first-order valence-corrected chi connectivity index (χ1v) is 13.8. The van der Waals surface area contributed by atoms with E-state index in [9.17, 15) is 39.5 Å². The predicted octanol–water partition coefficient (Wildman–Crippen LogP) is 7.22. The molecule has 44 heavy (non-hydrogen) atoms. The molecule has 2 aromatic carbocycles. The fourth-order valence-corrected chi connectivity index (χ4v) is 5.50. The second-order valence-electron chi connectivity index (χ2n) is 10.7. The quantitative estimate of drug-likeness (QED) is 0.277. The Morgan fingerprint density at radius 2 is 1.18 bits per heavy atom. The zero-order valence-electron chi connectivity index (χ0n) is 23.4. The van der Waals surface area contributed by atoms with Crippen LogP contribution in [-0.2, 0) is 18.5 Å². The van der Waals surface area contributed by atoms with Crippen LogP contribution in [0.1, 0.15) is 35.1 Å². The number of halogens is 9. The molecule has 3 aromatic rings. The summed E-state index contributed by atoms with van der Waals surface area (Å²) in [6, 6.07) is 7.10. The van der Waals surface area contributed by atoms with E-state index in [0.717, 1.165) is 18.2 Å². The van der Waals surface area contributed by atoms with Gasteiger partial charge in [-0.05, 0) is 49.4 Å². The third kappa shape index (κ3) is 6.91. The van der Waals surface area contributed by atoms with E-state index in [1.807, 2.05) is 16.7 Å². The van der Waals surface area contributed by atoms with Gasteiger partial charge in [-0.25, -0.2) is 9.97 Å². The first-order valence-electron chi connectivity index (χ1n) is 13.8. The highest BCUT2D eigenvalue weighted by Gasteiger charge is 2.43. The number of benzene rings is 2. The van der Waals surface area contributed by atoms with Crippen LogP contribution in [0.3, 0.4) is 0 Å². The summed E-state index contributed by atoms with van der Waals surface area (Å²) in [5.74, 6) is 1.01. The zero-order valence-corrected chi connectivity index (χ0v) is 23.4. The summed E-state index contributed by atoms with van der Waals surface area (Å²) in [7, 11) is 0. The first kappa shape index (κ1) is 31.5. The van der Waals surface area contributed by atoms with Crippen molar-refractivity contribution in [1.82, 2.24) is 9.97 Å². The third-order valence-corrected chi connectivity index (χ3v) is 7.85. The van der Waals surface area contributed by atoms with Gasteiger partial charge < -0.3 is 19.4 Å². The van der Waals surface area contributed by atoms with Crippen LogP contribution in [0.15, 0.2) is 48.8 Å². The average Bonchev–Trinajstić information content (AvgIpc) is 2.97. The molecule has 5 rings (SSSR count). The molecule has 6 nitrogen and oxygen atoms in total. The lowest BCUT2D eigenvalue weighted by Crippen LogP contribution is -2.47. The monoisotopic (exact) mass is 633 g/mol. The fraction of sp³-hybridized carbons (Fsp3) is 0.448. The normalized spacial score (nSPS) is 17.3. The molecule has 1 aromatic heterocycles. The highest BCUT2D eigenvalue weighted by Crippen LogP contribution is 2.42. The molecule has 0 N–H and O–H groups in total. The van der Waals surface area contributed by atoms with Crippen LogP contribution in [0.4, 0.5) is 56.7 Å². The van der Waals surface area contributed by atoms with Gasteiger partial charge in [0.2, 0.25) is 5.88 Å². The van der Waals surface area contributed by atoms with Gasteiger partial charge in [0.25, 0.3) is 0 Å². The molecular weight excluding hydrogens is 605 g/mol. The van der Waals surface area contributed by atoms with Gasteiger partial charge in [0, 0.05) is 63.5 Å². The van der Waals surface area contributed by atoms with Gasteiger partial charge in [-0.1, -0.05) is 0 Å². The van der Waals surface area contributed by atoms with Crippen molar-refractivity contribution < 1.29 is 44.3 Å². The first-order chi connectivity index (χ1) is 20.6. The van der Waals surface area contributed by atoms with E-state index in [2.05, 4.69) is 9.97 Å². The molecule has 2 aliphatic heterocycles. The van der Waals surface area contributed by atoms with Gasteiger partial charge in [-0.15, -0.1) is 0 Å². The SMILES string of the molecule is Cc1c(OC2CCN(c3ccc(C(F)(F)F)c(C(F)(F)F)c3)CC2)ncnc1N1CCN(c2ccc(C(F)(F)F)cc2)CC1. The predicted molar refractivity (Wildman–Crippen MR) is 145 cm³/mol. The molecule has 2 saturated heterocycles. The number of anilines is 3. The number of hydrogen-bond donors (Lipinski definition) is 0. The summed E-state index contributed by atoms with van der Waals surface area (Å²) in [6.07, 6.45) is -12.8. The highest BCUT2D eigenvalue weighted by molar-refractivity contribution is 5.55. The zero-order chi connectivity index (χ0) is 31.9. The second-order valence-corrected chi connectivity index (χ2v) is 10.7. The molecule has 0 unspecified atom stereocenters. The van der Waals surface area contributed by atoms with Crippen LogP contribution < -0.4 is 19.4 Å². The van der Waals surface area contributed by atoms with E-state index in [1.54, 1.807) is 4.90 Å². The molecule has 0 aliphatic carbocycles. The van der Waals surface area contributed by atoms with E-state index in [0.29, 0.717) is 74.1 Å². The number of piperidine rings is 1. The molecule has 0 radical (unpaired) electrons. The molecule has 3 heterocycles. The largest absolute Gasteiger partial charge is 0.474 e. The summed E-state index contributed by atoms with van der Waals surface area (Å²) >= 11 is 0. The van der Waals surface area contributed by atoms with Gasteiger partial charge in [-0.3, -0.25) is 0 Å². The fourth-order valence-electron chi connectivity index (χ4n) is 5.50. The van der Waals surface area contributed by atoms with Crippen molar-refractivity contribution in [2.24, 2.45) is 0 Å². The Hall–Kier alpha value is -3.91. The molecule has 0 bridgehead atoms. The lowest BCUT2D eigenvalue weighted by atomic mass is 10.0. The van der Waals surface area contributed by atoms with Crippen LogP contribution in [0, 0.1) is 6.92 Å². The van der Waals surface area contributed by atoms with Crippen LogP contribution in [0.5, 0.6) is 5.88 Å². The lowest BCUT2D eigenvalue weighted by Gasteiger charge is -2.37. The van der Waals surface area contributed by atoms with E-state index in [4.69, 9.17) is 4.74 Å². The van der Waals surface area contributed by atoms with Crippen LogP contribution in [-0.4, -0.2) is 55.3 Å². The Morgan fingerprint density at radius 3 is 1.75 bits per heavy atom. The maximum atomic E-state index is 13.4. The molecule has 2 aliphatic rings. The molecule has 0 atom stereocenters. The molecule has 0 saturated carbocycles. The third-order valence-electron chi connectivity index (χ3n) is 7.85. The lowest BCUT2D eigenvalue weighted by molar-refractivity contribution is -0.162. The van der Waals surface area contributed by atoms with Crippen molar-refractivity contribution in [3.8, 4) is 5.88 Å². The van der Waals surface area contributed by atoms with Gasteiger partial charge in [-0.2, -0.15) is 39.5 Å². The Labute approximate surface area is 247 Å². The van der Waals surface area contributed by atoms with Crippen molar-refractivity contribution in [1.29, 1.82) is 0 Å². The van der Waals surface area contributed by atoms with Gasteiger partial charge in [0.15, 0.2) is 0 Å². The summed E-state index contributed by atoms with van der Waals surface area (Å²) in [4.78, 5) is 14.3. The van der Waals surface area contributed by atoms with Crippen molar-refractivity contribution in [3.63, 3.8) is 0 Å². The maximum Gasteiger partial charge on any atom is 0.417 e. The summed E-state index contributed by atoms with van der Waals surface area (Å²) in [5, 5.41) is 0.